The third-order valence-electron chi connectivity index (χ3n) is 4.78. The molecule has 1 heterocycles. The molecule has 0 aliphatic carbocycles. The summed E-state index contributed by atoms with van der Waals surface area (Å²) >= 11 is 0. The maximum absolute atomic E-state index is 12.4. The standard InChI is InChI=1S/C24H22N2O7/c1-29-17-5-7-18(8-6-17)33-22-12-16(4-10-19(22)30-2)26-23(27)13-25-24(28)15-3-9-20-21(11-15)32-14-31-20/h3-12H,13-14H2,1-2H3,(H,25,28)(H,26,27). The highest BCUT2D eigenvalue weighted by Crippen LogP contribution is 2.35. The van der Waals surface area contributed by atoms with Gasteiger partial charge in [-0.3, -0.25) is 9.59 Å². The third-order valence-corrected chi connectivity index (χ3v) is 4.78. The molecular weight excluding hydrogens is 428 g/mol. The minimum atomic E-state index is -0.401. The summed E-state index contributed by atoms with van der Waals surface area (Å²) in [5, 5.41) is 5.32. The Balaban J connectivity index is 1.37. The second kappa shape index (κ2) is 9.82. The van der Waals surface area contributed by atoms with Crippen molar-refractivity contribution in [1.29, 1.82) is 0 Å². The van der Waals surface area contributed by atoms with Gasteiger partial charge in [-0.2, -0.15) is 0 Å². The van der Waals surface area contributed by atoms with Gasteiger partial charge in [-0.25, -0.2) is 0 Å². The first-order valence-corrected chi connectivity index (χ1v) is 10.0. The minimum absolute atomic E-state index is 0.120. The zero-order valence-corrected chi connectivity index (χ0v) is 18.0. The van der Waals surface area contributed by atoms with Crippen LogP contribution in [0.5, 0.6) is 34.5 Å². The van der Waals surface area contributed by atoms with Gasteiger partial charge in [0, 0.05) is 17.3 Å². The van der Waals surface area contributed by atoms with Crippen LogP contribution in [-0.4, -0.2) is 39.4 Å². The van der Waals surface area contributed by atoms with Crippen molar-refractivity contribution in [3.05, 3.63) is 66.2 Å². The summed E-state index contributed by atoms with van der Waals surface area (Å²) in [5.74, 6) is 2.48. The first-order valence-electron chi connectivity index (χ1n) is 10.0. The molecule has 0 unspecified atom stereocenters. The molecule has 3 aromatic carbocycles. The number of rotatable bonds is 8. The third kappa shape index (κ3) is 5.27. The van der Waals surface area contributed by atoms with E-state index in [4.69, 9.17) is 23.7 Å². The Labute approximate surface area is 190 Å². The first-order chi connectivity index (χ1) is 16.1. The molecule has 4 rings (SSSR count). The van der Waals surface area contributed by atoms with Crippen molar-refractivity contribution in [2.24, 2.45) is 0 Å². The summed E-state index contributed by atoms with van der Waals surface area (Å²) in [4.78, 5) is 24.7. The number of methoxy groups -OCH3 is 2. The van der Waals surface area contributed by atoms with Crippen LogP contribution < -0.4 is 34.3 Å². The van der Waals surface area contributed by atoms with Crippen molar-refractivity contribution >= 4 is 17.5 Å². The van der Waals surface area contributed by atoms with E-state index in [1.165, 1.54) is 7.11 Å². The van der Waals surface area contributed by atoms with E-state index in [9.17, 15) is 9.59 Å². The molecule has 9 heteroatoms. The van der Waals surface area contributed by atoms with Gasteiger partial charge in [0.1, 0.15) is 11.5 Å². The van der Waals surface area contributed by atoms with Gasteiger partial charge >= 0.3 is 0 Å². The number of anilines is 1. The Morgan fingerprint density at radius 2 is 1.61 bits per heavy atom. The summed E-state index contributed by atoms with van der Waals surface area (Å²) in [5.41, 5.74) is 0.855. The van der Waals surface area contributed by atoms with Gasteiger partial charge in [0.05, 0.1) is 20.8 Å². The summed E-state index contributed by atoms with van der Waals surface area (Å²) in [7, 11) is 3.11. The van der Waals surface area contributed by atoms with Crippen molar-refractivity contribution in [3.63, 3.8) is 0 Å². The summed E-state index contributed by atoms with van der Waals surface area (Å²) in [6, 6.07) is 16.9. The molecule has 33 heavy (non-hydrogen) atoms. The molecule has 2 amide bonds. The molecule has 0 saturated carbocycles. The number of carbonyl (C=O) groups is 2. The Morgan fingerprint density at radius 1 is 0.848 bits per heavy atom. The van der Waals surface area contributed by atoms with E-state index in [0.717, 1.165) is 0 Å². The average Bonchev–Trinajstić information content (AvgIpc) is 3.31. The van der Waals surface area contributed by atoms with Crippen LogP contribution in [0.4, 0.5) is 5.69 Å². The topological polar surface area (TPSA) is 104 Å². The van der Waals surface area contributed by atoms with E-state index in [1.54, 1.807) is 67.8 Å². The Bertz CT molecular complexity index is 1160. The van der Waals surface area contributed by atoms with Gasteiger partial charge in [-0.15, -0.1) is 0 Å². The first kappa shape index (κ1) is 21.8. The average molecular weight is 450 g/mol. The minimum Gasteiger partial charge on any atom is -0.497 e. The summed E-state index contributed by atoms with van der Waals surface area (Å²) in [6.45, 7) is -0.0944. The Morgan fingerprint density at radius 3 is 2.36 bits per heavy atom. The fraction of sp³-hybridized carbons (Fsp3) is 0.167. The van der Waals surface area contributed by atoms with Crippen LogP contribution >= 0.6 is 0 Å². The fourth-order valence-electron chi connectivity index (χ4n) is 3.11. The number of nitrogens with one attached hydrogen (secondary N) is 2. The van der Waals surface area contributed by atoms with Crippen LogP contribution in [0.2, 0.25) is 0 Å². The van der Waals surface area contributed by atoms with Crippen LogP contribution in [0.1, 0.15) is 10.4 Å². The maximum atomic E-state index is 12.4. The maximum Gasteiger partial charge on any atom is 0.251 e. The number of hydrogen-bond acceptors (Lipinski definition) is 7. The molecular formula is C24H22N2O7. The lowest BCUT2D eigenvalue weighted by molar-refractivity contribution is -0.115. The van der Waals surface area contributed by atoms with Crippen molar-refractivity contribution in [3.8, 4) is 34.5 Å². The highest BCUT2D eigenvalue weighted by atomic mass is 16.7. The van der Waals surface area contributed by atoms with Gasteiger partial charge in [0.25, 0.3) is 5.91 Å². The lowest BCUT2D eigenvalue weighted by atomic mass is 10.2. The molecule has 0 aromatic heterocycles. The van der Waals surface area contributed by atoms with Crippen molar-refractivity contribution in [1.82, 2.24) is 5.32 Å². The molecule has 0 fully saturated rings. The van der Waals surface area contributed by atoms with Gasteiger partial charge in [0.2, 0.25) is 12.7 Å². The van der Waals surface area contributed by atoms with Crippen LogP contribution in [0.3, 0.4) is 0 Å². The molecule has 0 radical (unpaired) electrons. The number of carbonyl (C=O) groups excluding carboxylic acids is 2. The van der Waals surface area contributed by atoms with Crippen molar-refractivity contribution in [2.45, 2.75) is 0 Å². The molecule has 170 valence electrons. The summed E-state index contributed by atoms with van der Waals surface area (Å²) < 4.78 is 26.9. The number of fused-ring (bicyclic) bond motifs is 1. The molecule has 0 bridgehead atoms. The second-order valence-corrected chi connectivity index (χ2v) is 6.94. The zero-order valence-electron chi connectivity index (χ0n) is 18.0. The monoisotopic (exact) mass is 450 g/mol. The van der Waals surface area contributed by atoms with Gasteiger partial charge in [-0.05, 0) is 54.6 Å². The van der Waals surface area contributed by atoms with Crippen molar-refractivity contribution in [2.75, 3.05) is 32.9 Å². The molecule has 0 spiro atoms. The number of hydrogen-bond donors (Lipinski definition) is 2. The lowest BCUT2D eigenvalue weighted by Gasteiger charge is -2.13. The quantitative estimate of drug-likeness (QED) is 0.540. The largest absolute Gasteiger partial charge is 0.497 e. The van der Waals surface area contributed by atoms with Crippen LogP contribution in [0, 0.1) is 0 Å². The molecule has 1 aliphatic heterocycles. The Kier molecular flexibility index (Phi) is 6.49. The van der Waals surface area contributed by atoms with Gasteiger partial charge in [-0.1, -0.05) is 0 Å². The van der Waals surface area contributed by atoms with Crippen LogP contribution in [0.15, 0.2) is 60.7 Å². The number of amides is 2. The second-order valence-electron chi connectivity index (χ2n) is 6.94. The van der Waals surface area contributed by atoms with Crippen LogP contribution in [0.25, 0.3) is 0 Å². The zero-order chi connectivity index (χ0) is 23.2. The summed E-state index contributed by atoms with van der Waals surface area (Å²) in [6.07, 6.45) is 0. The lowest BCUT2D eigenvalue weighted by Crippen LogP contribution is -2.32. The van der Waals surface area contributed by atoms with Crippen LogP contribution in [-0.2, 0) is 4.79 Å². The van der Waals surface area contributed by atoms with E-state index in [0.29, 0.717) is 45.7 Å². The molecule has 0 saturated heterocycles. The van der Waals surface area contributed by atoms with Gasteiger partial charge in [0.15, 0.2) is 23.0 Å². The molecule has 9 nitrogen and oxygen atoms in total. The van der Waals surface area contributed by atoms with E-state index in [2.05, 4.69) is 10.6 Å². The highest BCUT2D eigenvalue weighted by Gasteiger charge is 2.17. The highest BCUT2D eigenvalue weighted by molar-refractivity contribution is 5.99. The number of ether oxygens (including phenoxy) is 5. The predicted molar refractivity (Wildman–Crippen MR) is 120 cm³/mol. The van der Waals surface area contributed by atoms with Crippen molar-refractivity contribution < 1.29 is 33.3 Å². The molecule has 0 atom stereocenters. The van der Waals surface area contributed by atoms with E-state index >= 15 is 0 Å². The normalized spacial score (nSPS) is 11.5. The smallest absolute Gasteiger partial charge is 0.251 e. The van der Waals surface area contributed by atoms with Gasteiger partial charge < -0.3 is 34.3 Å². The number of benzene rings is 3. The Hall–Kier alpha value is -4.40. The SMILES string of the molecule is COc1ccc(Oc2cc(NC(=O)CNC(=O)c3ccc4c(c3)OCO4)ccc2OC)cc1. The fourth-order valence-corrected chi connectivity index (χ4v) is 3.11. The molecule has 3 aromatic rings. The predicted octanol–water partition coefficient (Wildman–Crippen LogP) is 3.59. The molecule has 2 N–H and O–H groups in total. The molecule has 1 aliphatic rings. The van der Waals surface area contributed by atoms with E-state index in [1.807, 2.05) is 0 Å². The van der Waals surface area contributed by atoms with E-state index < -0.39 is 11.8 Å². The van der Waals surface area contributed by atoms with E-state index in [-0.39, 0.29) is 13.3 Å².